The van der Waals surface area contributed by atoms with Crippen LogP contribution in [0.15, 0.2) is 53.3 Å². The molecule has 1 fully saturated rings. The van der Waals surface area contributed by atoms with Crippen LogP contribution >= 0.6 is 0 Å². The van der Waals surface area contributed by atoms with Crippen molar-refractivity contribution in [3.63, 3.8) is 0 Å². The number of hydrogen-bond acceptors (Lipinski definition) is 6. The molecule has 33 heavy (non-hydrogen) atoms. The Balaban J connectivity index is 1.50. The van der Waals surface area contributed by atoms with Crippen molar-refractivity contribution in [3.8, 4) is 34.0 Å². The van der Waals surface area contributed by atoms with Crippen LogP contribution in [0.5, 0.6) is 11.5 Å². The molecular formula is C25H28N4O4. The lowest BCUT2D eigenvalue weighted by atomic mass is 10.1. The highest BCUT2D eigenvalue weighted by Crippen LogP contribution is 2.27. The van der Waals surface area contributed by atoms with E-state index in [0.29, 0.717) is 29.2 Å². The number of aromatic amines is 1. The van der Waals surface area contributed by atoms with Gasteiger partial charge < -0.3 is 24.6 Å². The van der Waals surface area contributed by atoms with Crippen molar-refractivity contribution in [1.29, 1.82) is 0 Å². The van der Waals surface area contributed by atoms with Crippen molar-refractivity contribution in [2.75, 3.05) is 39.8 Å². The van der Waals surface area contributed by atoms with Crippen LogP contribution in [0.4, 0.5) is 0 Å². The molecule has 1 saturated heterocycles. The van der Waals surface area contributed by atoms with Crippen molar-refractivity contribution >= 4 is 5.91 Å². The topological polar surface area (TPSA) is 98.8 Å². The van der Waals surface area contributed by atoms with Crippen LogP contribution < -0.4 is 10.4 Å². The van der Waals surface area contributed by atoms with E-state index in [1.165, 1.54) is 0 Å². The molecule has 0 radical (unpaired) electrons. The van der Waals surface area contributed by atoms with Gasteiger partial charge in [-0.25, -0.2) is 4.79 Å². The van der Waals surface area contributed by atoms with Gasteiger partial charge in [0.05, 0.1) is 11.4 Å². The van der Waals surface area contributed by atoms with Gasteiger partial charge in [0.2, 0.25) is 0 Å². The summed E-state index contributed by atoms with van der Waals surface area (Å²) >= 11 is 0. The Morgan fingerprint density at radius 3 is 2.76 bits per heavy atom. The summed E-state index contributed by atoms with van der Waals surface area (Å²) < 4.78 is 5.78. The normalized spacial score (nSPS) is 14.7. The number of aromatic nitrogens is 2. The number of phenols is 1. The fourth-order valence-electron chi connectivity index (χ4n) is 3.86. The van der Waals surface area contributed by atoms with E-state index in [4.69, 9.17) is 4.74 Å². The zero-order chi connectivity index (χ0) is 23.4. The third kappa shape index (κ3) is 5.59. The predicted molar refractivity (Wildman–Crippen MR) is 126 cm³/mol. The number of H-pyrrole nitrogens is 1. The zero-order valence-electron chi connectivity index (χ0n) is 18.9. The first-order valence-electron chi connectivity index (χ1n) is 11.0. The molecule has 8 nitrogen and oxygen atoms in total. The van der Waals surface area contributed by atoms with E-state index in [0.717, 1.165) is 37.2 Å². The number of likely N-dealkylation sites (N-methyl/N-ethyl adjacent to an activating group) is 1. The summed E-state index contributed by atoms with van der Waals surface area (Å²) in [6.07, 6.45) is 0.954. The van der Waals surface area contributed by atoms with Gasteiger partial charge in [-0.1, -0.05) is 12.1 Å². The quantitative estimate of drug-likeness (QED) is 0.623. The van der Waals surface area contributed by atoms with Crippen LogP contribution in [-0.2, 0) is 4.79 Å². The number of carbonyl (C=O) groups is 1. The van der Waals surface area contributed by atoms with Gasteiger partial charge in [0, 0.05) is 30.8 Å². The average Bonchev–Trinajstić information content (AvgIpc) is 3.03. The van der Waals surface area contributed by atoms with Crippen molar-refractivity contribution in [3.05, 3.63) is 64.6 Å². The molecular weight excluding hydrogens is 420 g/mol. The second-order valence-electron chi connectivity index (χ2n) is 8.34. The smallest absolute Gasteiger partial charge is 0.345 e. The third-order valence-corrected chi connectivity index (χ3v) is 5.82. The monoisotopic (exact) mass is 448 g/mol. The number of rotatable bonds is 5. The Morgan fingerprint density at radius 1 is 1.09 bits per heavy atom. The molecule has 0 atom stereocenters. The van der Waals surface area contributed by atoms with Gasteiger partial charge in [0.25, 0.3) is 5.91 Å². The lowest BCUT2D eigenvalue weighted by Gasteiger charge is -2.20. The van der Waals surface area contributed by atoms with E-state index in [9.17, 15) is 14.7 Å². The lowest BCUT2D eigenvalue weighted by Crippen LogP contribution is -2.37. The largest absolute Gasteiger partial charge is 0.508 e. The number of benzene rings is 2. The van der Waals surface area contributed by atoms with Gasteiger partial charge >= 0.3 is 5.69 Å². The molecule has 0 unspecified atom stereocenters. The molecule has 0 aliphatic carbocycles. The standard InChI is InChI=1S/C25H28N4O4/c1-17-13-19(7-8-23(17)30)22-15-21(26-25(32)27-22)18-5-3-6-20(14-18)33-16-24(31)29-10-4-9-28(2)11-12-29/h3,5-8,13-15,30H,4,9-12,16H2,1-2H3,(H,26,27,32). The number of aryl methyl sites for hydroxylation is 1. The van der Waals surface area contributed by atoms with Gasteiger partial charge in [-0.05, 0) is 68.9 Å². The van der Waals surface area contributed by atoms with E-state index in [2.05, 4.69) is 21.9 Å². The summed E-state index contributed by atoms with van der Waals surface area (Å²) in [6, 6.07) is 14.1. The molecule has 1 aliphatic rings. The van der Waals surface area contributed by atoms with E-state index in [1.807, 2.05) is 17.0 Å². The molecule has 8 heteroatoms. The molecule has 0 spiro atoms. The fourth-order valence-corrected chi connectivity index (χ4v) is 3.86. The fraction of sp³-hybridized carbons (Fsp3) is 0.320. The van der Waals surface area contributed by atoms with Crippen LogP contribution in [-0.4, -0.2) is 70.6 Å². The number of nitrogens with one attached hydrogen (secondary N) is 1. The van der Waals surface area contributed by atoms with E-state index < -0.39 is 5.69 Å². The van der Waals surface area contributed by atoms with Gasteiger partial charge in [-0.3, -0.25) is 4.79 Å². The maximum atomic E-state index is 12.6. The molecule has 1 aromatic heterocycles. The van der Waals surface area contributed by atoms with Crippen LogP contribution in [0.2, 0.25) is 0 Å². The minimum atomic E-state index is -0.471. The minimum Gasteiger partial charge on any atom is -0.508 e. The van der Waals surface area contributed by atoms with Crippen molar-refractivity contribution in [2.24, 2.45) is 0 Å². The molecule has 0 bridgehead atoms. The molecule has 2 heterocycles. The van der Waals surface area contributed by atoms with E-state index in [1.54, 1.807) is 43.3 Å². The number of ether oxygens (including phenoxy) is 1. The Bertz CT molecular complexity index is 1210. The molecule has 0 saturated carbocycles. The van der Waals surface area contributed by atoms with Crippen molar-refractivity contribution in [2.45, 2.75) is 13.3 Å². The minimum absolute atomic E-state index is 0.0296. The van der Waals surface area contributed by atoms with Crippen molar-refractivity contribution < 1.29 is 14.6 Å². The Labute approximate surface area is 192 Å². The number of carbonyl (C=O) groups excluding carboxylic acids is 1. The Hall–Kier alpha value is -3.65. The number of nitrogens with zero attached hydrogens (tertiary/aromatic N) is 3. The van der Waals surface area contributed by atoms with E-state index >= 15 is 0 Å². The second kappa shape index (κ2) is 9.87. The van der Waals surface area contributed by atoms with Gasteiger partial charge in [0.15, 0.2) is 6.61 Å². The predicted octanol–water partition coefficient (Wildman–Crippen LogP) is 2.66. The third-order valence-electron chi connectivity index (χ3n) is 5.82. The Morgan fingerprint density at radius 2 is 1.94 bits per heavy atom. The van der Waals surface area contributed by atoms with Gasteiger partial charge in [0.1, 0.15) is 11.5 Å². The molecule has 172 valence electrons. The maximum Gasteiger partial charge on any atom is 0.345 e. The highest BCUT2D eigenvalue weighted by Gasteiger charge is 2.18. The summed E-state index contributed by atoms with van der Waals surface area (Å²) in [7, 11) is 2.06. The van der Waals surface area contributed by atoms with E-state index in [-0.39, 0.29) is 18.3 Å². The summed E-state index contributed by atoms with van der Waals surface area (Å²) in [6.45, 7) is 5.06. The van der Waals surface area contributed by atoms with Gasteiger partial charge in [-0.2, -0.15) is 4.98 Å². The molecule has 2 N–H and O–H groups in total. The van der Waals surface area contributed by atoms with Crippen LogP contribution in [0.25, 0.3) is 22.5 Å². The molecule has 1 aliphatic heterocycles. The van der Waals surface area contributed by atoms with Crippen LogP contribution in [0, 0.1) is 6.92 Å². The first kappa shape index (κ1) is 22.5. The lowest BCUT2D eigenvalue weighted by molar-refractivity contribution is -0.133. The first-order valence-corrected chi connectivity index (χ1v) is 11.0. The maximum absolute atomic E-state index is 12.6. The number of hydrogen-bond donors (Lipinski definition) is 2. The summed E-state index contributed by atoms with van der Waals surface area (Å²) in [5.41, 5.74) is 2.80. The summed E-state index contributed by atoms with van der Waals surface area (Å²) in [5.74, 6) is 0.709. The molecule has 2 aromatic carbocycles. The van der Waals surface area contributed by atoms with Crippen LogP contribution in [0.1, 0.15) is 12.0 Å². The molecule has 3 aromatic rings. The molecule has 4 rings (SSSR count). The van der Waals surface area contributed by atoms with Crippen LogP contribution in [0.3, 0.4) is 0 Å². The molecule has 1 amide bonds. The van der Waals surface area contributed by atoms with Crippen molar-refractivity contribution in [1.82, 2.24) is 19.8 Å². The summed E-state index contributed by atoms with van der Waals surface area (Å²) in [4.78, 5) is 35.7. The zero-order valence-corrected chi connectivity index (χ0v) is 18.9. The second-order valence-corrected chi connectivity index (χ2v) is 8.34. The Kier molecular flexibility index (Phi) is 6.74. The SMILES string of the molecule is Cc1cc(-c2cc(-c3cccc(OCC(=O)N4CCCN(C)CC4)c3)[nH]c(=O)n2)ccc1O. The number of phenolic OH excluding ortho intramolecular Hbond substituents is 1. The highest BCUT2D eigenvalue weighted by molar-refractivity contribution is 5.78. The summed E-state index contributed by atoms with van der Waals surface area (Å²) in [5, 5.41) is 9.78. The number of amides is 1. The first-order chi connectivity index (χ1) is 15.9. The highest BCUT2D eigenvalue weighted by atomic mass is 16.5. The average molecular weight is 449 g/mol. The van der Waals surface area contributed by atoms with Gasteiger partial charge in [-0.15, -0.1) is 0 Å². The number of aromatic hydroxyl groups is 1.